The molecule has 1 heterocycles. The Balaban J connectivity index is 1.67. The maximum atomic E-state index is 10.6. The van der Waals surface area contributed by atoms with E-state index in [1.807, 2.05) is 30.3 Å². The molecule has 2 atom stereocenters. The summed E-state index contributed by atoms with van der Waals surface area (Å²) >= 11 is 0. The van der Waals surface area contributed by atoms with E-state index >= 15 is 0 Å². The summed E-state index contributed by atoms with van der Waals surface area (Å²) in [5.74, 6) is -0.414. The summed E-state index contributed by atoms with van der Waals surface area (Å²) in [7, 11) is 0. The predicted octanol–water partition coefficient (Wildman–Crippen LogP) is 0.456. The number of benzene rings is 1. The molecule has 0 bridgehead atoms. The molecule has 2 N–H and O–H groups in total. The second kappa shape index (κ2) is 4.42. The quantitative estimate of drug-likeness (QED) is 0.713. The summed E-state index contributed by atoms with van der Waals surface area (Å²) < 4.78 is 10.4. The number of ether oxygens (including phenoxy) is 2. The average molecular weight is 207 g/mol. The fourth-order valence-corrected chi connectivity index (χ4v) is 1.39. The normalized spacial score (nSPS) is 23.7. The molecule has 1 saturated heterocycles. The second-order valence-corrected chi connectivity index (χ2v) is 3.50. The van der Waals surface area contributed by atoms with Gasteiger partial charge in [0, 0.05) is 0 Å². The lowest BCUT2D eigenvalue weighted by molar-refractivity contribution is -0.119. The Kier molecular flexibility index (Phi) is 2.99. The topological polar surface area (TPSA) is 64.9 Å². The van der Waals surface area contributed by atoms with Crippen LogP contribution in [0, 0.1) is 0 Å². The van der Waals surface area contributed by atoms with E-state index in [1.54, 1.807) is 0 Å². The van der Waals surface area contributed by atoms with E-state index in [1.165, 1.54) is 0 Å². The molecule has 80 valence electrons. The van der Waals surface area contributed by atoms with Crippen molar-refractivity contribution in [1.82, 2.24) is 0 Å². The molecule has 0 radical (unpaired) electrons. The van der Waals surface area contributed by atoms with Gasteiger partial charge in [-0.1, -0.05) is 30.3 Å². The van der Waals surface area contributed by atoms with Crippen LogP contribution in [0.25, 0.3) is 0 Å². The van der Waals surface area contributed by atoms with E-state index in [4.69, 9.17) is 15.2 Å². The maximum absolute atomic E-state index is 10.6. The second-order valence-electron chi connectivity index (χ2n) is 3.50. The number of carbonyl (C=O) groups excluding carboxylic acids is 1. The maximum Gasteiger partial charge on any atom is 0.249 e. The minimum absolute atomic E-state index is 0.147. The highest BCUT2D eigenvalue weighted by molar-refractivity contribution is 5.81. The Bertz CT molecular complexity index is 339. The molecule has 2 rings (SSSR count). The van der Waals surface area contributed by atoms with Crippen LogP contribution in [0.3, 0.4) is 0 Å². The van der Waals surface area contributed by atoms with Gasteiger partial charge in [0.15, 0.2) is 6.10 Å². The number of carbonyl (C=O) groups is 1. The molecular formula is C11H13NO3. The van der Waals surface area contributed by atoms with Gasteiger partial charge >= 0.3 is 0 Å². The number of nitrogens with two attached hydrogens (primary N) is 1. The molecule has 4 nitrogen and oxygen atoms in total. The average Bonchev–Trinajstić information content (AvgIpc) is 2.99. The Hall–Kier alpha value is -1.39. The standard InChI is InChI=1S/C11H13NO3/c12-11(13)10-9(15-10)7-14-6-8-4-2-1-3-5-8/h1-5,9-10H,6-7H2,(H2,12,13)/t9?,10-/m1/s1. The minimum Gasteiger partial charge on any atom is -0.374 e. The fraction of sp³-hybridized carbons (Fsp3) is 0.364. The summed E-state index contributed by atoms with van der Waals surface area (Å²) in [5, 5.41) is 0. The molecule has 0 spiro atoms. The molecule has 0 saturated carbocycles. The first-order chi connectivity index (χ1) is 7.27. The zero-order valence-corrected chi connectivity index (χ0v) is 8.26. The Morgan fingerprint density at radius 1 is 1.40 bits per heavy atom. The summed E-state index contributed by atoms with van der Waals surface area (Å²) in [6, 6.07) is 9.84. The Morgan fingerprint density at radius 2 is 2.13 bits per heavy atom. The van der Waals surface area contributed by atoms with Crippen LogP contribution in [0.1, 0.15) is 5.56 Å². The van der Waals surface area contributed by atoms with Crippen LogP contribution >= 0.6 is 0 Å². The highest BCUT2D eigenvalue weighted by atomic mass is 16.6. The zero-order valence-electron chi connectivity index (χ0n) is 8.26. The van der Waals surface area contributed by atoms with Crippen molar-refractivity contribution < 1.29 is 14.3 Å². The number of hydrogen-bond acceptors (Lipinski definition) is 3. The van der Waals surface area contributed by atoms with Crippen LogP contribution in [0.15, 0.2) is 30.3 Å². The van der Waals surface area contributed by atoms with Gasteiger partial charge in [0.1, 0.15) is 6.10 Å². The molecule has 1 amide bonds. The number of primary amides is 1. The first-order valence-electron chi connectivity index (χ1n) is 4.84. The lowest BCUT2D eigenvalue weighted by Gasteiger charge is -2.01. The van der Waals surface area contributed by atoms with Gasteiger partial charge in [0.2, 0.25) is 5.91 Å². The molecule has 1 fully saturated rings. The van der Waals surface area contributed by atoms with Gasteiger partial charge in [-0.15, -0.1) is 0 Å². The van der Waals surface area contributed by atoms with Gasteiger partial charge in [0.25, 0.3) is 0 Å². The number of amides is 1. The molecule has 1 aromatic rings. The Labute approximate surface area is 88.0 Å². The third-order valence-electron chi connectivity index (χ3n) is 2.26. The summed E-state index contributed by atoms with van der Waals surface area (Å²) in [5.41, 5.74) is 6.16. The van der Waals surface area contributed by atoms with Gasteiger partial charge in [-0.05, 0) is 5.56 Å². The van der Waals surface area contributed by atoms with Crippen LogP contribution in [-0.2, 0) is 20.9 Å². The van der Waals surface area contributed by atoms with E-state index in [9.17, 15) is 4.79 Å². The van der Waals surface area contributed by atoms with Crippen LogP contribution in [0.5, 0.6) is 0 Å². The van der Waals surface area contributed by atoms with E-state index in [2.05, 4.69) is 0 Å². The predicted molar refractivity (Wildman–Crippen MR) is 54.0 cm³/mol. The van der Waals surface area contributed by atoms with Gasteiger partial charge in [-0.2, -0.15) is 0 Å². The molecule has 0 aliphatic carbocycles. The third-order valence-corrected chi connectivity index (χ3v) is 2.26. The number of rotatable bonds is 5. The molecule has 1 aliphatic rings. The molecule has 1 unspecified atom stereocenters. The highest BCUT2D eigenvalue weighted by Gasteiger charge is 2.43. The van der Waals surface area contributed by atoms with Crippen LogP contribution < -0.4 is 5.73 Å². The van der Waals surface area contributed by atoms with Gasteiger partial charge in [0.05, 0.1) is 13.2 Å². The summed E-state index contributed by atoms with van der Waals surface area (Å²) in [6.45, 7) is 0.953. The summed E-state index contributed by atoms with van der Waals surface area (Å²) in [4.78, 5) is 10.6. The molecular weight excluding hydrogens is 194 g/mol. The summed E-state index contributed by atoms with van der Waals surface area (Å²) in [6.07, 6.45) is -0.591. The zero-order chi connectivity index (χ0) is 10.7. The molecule has 1 aliphatic heterocycles. The van der Waals surface area contributed by atoms with Crippen LogP contribution in [0.4, 0.5) is 0 Å². The lowest BCUT2D eigenvalue weighted by atomic mass is 10.2. The van der Waals surface area contributed by atoms with Crippen molar-refractivity contribution >= 4 is 5.91 Å². The highest BCUT2D eigenvalue weighted by Crippen LogP contribution is 2.21. The SMILES string of the molecule is NC(=O)[C@@H]1OC1COCc1ccccc1. The molecule has 15 heavy (non-hydrogen) atoms. The smallest absolute Gasteiger partial charge is 0.249 e. The van der Waals surface area contributed by atoms with E-state index in [0.29, 0.717) is 13.2 Å². The van der Waals surface area contributed by atoms with Gasteiger partial charge in [-0.3, -0.25) is 4.79 Å². The third kappa shape index (κ3) is 2.78. The van der Waals surface area contributed by atoms with Crippen molar-refractivity contribution in [2.75, 3.05) is 6.61 Å². The first-order valence-corrected chi connectivity index (χ1v) is 4.84. The van der Waals surface area contributed by atoms with E-state index in [0.717, 1.165) is 5.56 Å². The fourth-order valence-electron chi connectivity index (χ4n) is 1.39. The molecule has 1 aromatic carbocycles. The van der Waals surface area contributed by atoms with Crippen molar-refractivity contribution in [3.8, 4) is 0 Å². The van der Waals surface area contributed by atoms with Crippen molar-refractivity contribution in [1.29, 1.82) is 0 Å². The van der Waals surface area contributed by atoms with Crippen LogP contribution in [0.2, 0.25) is 0 Å². The first kappa shape index (κ1) is 10.1. The van der Waals surface area contributed by atoms with Gasteiger partial charge in [-0.25, -0.2) is 0 Å². The Morgan fingerprint density at radius 3 is 2.73 bits per heavy atom. The molecule has 4 heteroatoms. The van der Waals surface area contributed by atoms with Crippen molar-refractivity contribution in [3.05, 3.63) is 35.9 Å². The van der Waals surface area contributed by atoms with Gasteiger partial charge < -0.3 is 15.2 Å². The molecule has 0 aromatic heterocycles. The largest absolute Gasteiger partial charge is 0.374 e. The van der Waals surface area contributed by atoms with Crippen molar-refractivity contribution in [2.45, 2.75) is 18.8 Å². The monoisotopic (exact) mass is 207 g/mol. The van der Waals surface area contributed by atoms with Crippen molar-refractivity contribution in [3.63, 3.8) is 0 Å². The lowest BCUT2D eigenvalue weighted by Crippen LogP contribution is -2.21. The van der Waals surface area contributed by atoms with Crippen molar-refractivity contribution in [2.24, 2.45) is 5.73 Å². The number of hydrogen-bond donors (Lipinski definition) is 1. The minimum atomic E-state index is -0.444. The van der Waals surface area contributed by atoms with E-state index < -0.39 is 12.0 Å². The van der Waals surface area contributed by atoms with Crippen LogP contribution in [-0.4, -0.2) is 24.7 Å². The van der Waals surface area contributed by atoms with E-state index in [-0.39, 0.29) is 6.10 Å². The number of epoxide rings is 1.